The number of aromatic nitrogens is 2. The van der Waals surface area contributed by atoms with Crippen molar-refractivity contribution < 1.29 is 4.79 Å². The third-order valence-corrected chi connectivity index (χ3v) is 3.44. The summed E-state index contributed by atoms with van der Waals surface area (Å²) in [6.07, 6.45) is 4.80. The lowest BCUT2D eigenvalue weighted by Gasteiger charge is -2.03. The molecule has 5 heteroatoms. The van der Waals surface area contributed by atoms with E-state index < -0.39 is 0 Å². The third-order valence-electron chi connectivity index (χ3n) is 2.63. The van der Waals surface area contributed by atoms with E-state index in [0.717, 1.165) is 10.0 Å². The Kier molecular flexibility index (Phi) is 4.19. The van der Waals surface area contributed by atoms with E-state index in [-0.39, 0.29) is 5.78 Å². The van der Waals surface area contributed by atoms with Gasteiger partial charge in [-0.15, -0.1) is 0 Å². The Hall–Kier alpha value is -1.13. The first-order valence-electron chi connectivity index (χ1n) is 5.52. The molecular formula is C13H12BrClN2O. The molecule has 0 aliphatic carbocycles. The number of carbonyl (C=O) groups excluding carboxylic acids is 1. The fourth-order valence-electron chi connectivity index (χ4n) is 1.71. The summed E-state index contributed by atoms with van der Waals surface area (Å²) in [5.74, 6) is 0.0522. The largest absolute Gasteiger partial charge is 0.294 e. The van der Waals surface area contributed by atoms with E-state index in [9.17, 15) is 4.79 Å². The molecule has 0 bridgehead atoms. The first-order valence-corrected chi connectivity index (χ1v) is 6.69. The van der Waals surface area contributed by atoms with E-state index in [2.05, 4.69) is 21.0 Å². The number of ketones is 1. The fraction of sp³-hybridized carbons (Fsp3) is 0.231. The number of rotatable bonds is 4. The van der Waals surface area contributed by atoms with Crippen LogP contribution in [-0.4, -0.2) is 15.6 Å². The lowest BCUT2D eigenvalue weighted by molar-refractivity contribution is 0.0983. The zero-order valence-electron chi connectivity index (χ0n) is 9.86. The highest BCUT2D eigenvalue weighted by molar-refractivity contribution is 9.10. The molecule has 0 unspecified atom stereocenters. The molecule has 2 rings (SSSR count). The number of hydrogen-bond acceptors (Lipinski definition) is 2. The van der Waals surface area contributed by atoms with Crippen LogP contribution in [0.5, 0.6) is 0 Å². The van der Waals surface area contributed by atoms with Crippen LogP contribution in [0.1, 0.15) is 22.3 Å². The third kappa shape index (κ3) is 3.21. The van der Waals surface area contributed by atoms with Crippen LogP contribution in [0.4, 0.5) is 0 Å². The summed E-state index contributed by atoms with van der Waals surface area (Å²) in [4.78, 5) is 12.0. The number of Topliss-reactive ketones (excluding diaryl/α,β-unsaturated/α-hetero) is 1. The van der Waals surface area contributed by atoms with E-state index in [1.165, 1.54) is 0 Å². The molecule has 0 saturated carbocycles. The maximum atomic E-state index is 12.0. The Morgan fingerprint density at radius 2 is 2.28 bits per heavy atom. The van der Waals surface area contributed by atoms with Crippen molar-refractivity contribution in [3.8, 4) is 0 Å². The van der Waals surface area contributed by atoms with E-state index in [1.54, 1.807) is 23.0 Å². The van der Waals surface area contributed by atoms with Crippen LogP contribution in [0.25, 0.3) is 0 Å². The highest BCUT2D eigenvalue weighted by atomic mass is 79.9. The summed E-state index contributed by atoms with van der Waals surface area (Å²) in [5.41, 5.74) is 1.63. The Morgan fingerprint density at radius 3 is 2.89 bits per heavy atom. The van der Waals surface area contributed by atoms with Gasteiger partial charge in [0.1, 0.15) is 0 Å². The second-order valence-electron chi connectivity index (χ2n) is 4.07. The van der Waals surface area contributed by atoms with Crippen LogP contribution in [0.2, 0.25) is 5.02 Å². The van der Waals surface area contributed by atoms with Crippen LogP contribution in [0, 0.1) is 0 Å². The second-order valence-corrected chi connectivity index (χ2v) is 5.39. The number of carbonyl (C=O) groups is 1. The average molecular weight is 328 g/mol. The number of hydrogen-bond donors (Lipinski definition) is 0. The summed E-state index contributed by atoms with van der Waals surface area (Å²) < 4.78 is 2.60. The number of halogens is 2. The van der Waals surface area contributed by atoms with Gasteiger partial charge < -0.3 is 0 Å². The Bertz CT molecular complexity index is 580. The van der Waals surface area contributed by atoms with Crippen molar-refractivity contribution in [1.82, 2.24) is 9.78 Å². The van der Waals surface area contributed by atoms with Crippen molar-refractivity contribution in [3.05, 3.63) is 51.2 Å². The molecule has 0 aliphatic rings. The summed E-state index contributed by atoms with van der Waals surface area (Å²) in [5, 5.41) is 4.56. The normalized spacial score (nSPS) is 10.6. The van der Waals surface area contributed by atoms with Crippen LogP contribution in [0.15, 0.2) is 35.1 Å². The average Bonchev–Trinajstić information content (AvgIpc) is 2.72. The second kappa shape index (κ2) is 5.67. The molecule has 0 amide bonds. The smallest absolute Gasteiger partial charge is 0.164 e. The molecule has 1 aromatic carbocycles. The molecule has 1 heterocycles. The summed E-state index contributed by atoms with van der Waals surface area (Å²) in [6.45, 7) is 0. The van der Waals surface area contributed by atoms with Gasteiger partial charge in [-0.1, -0.05) is 27.5 Å². The molecular weight excluding hydrogens is 316 g/mol. The lowest BCUT2D eigenvalue weighted by Crippen LogP contribution is -2.01. The molecule has 2 aromatic rings. The predicted molar refractivity (Wildman–Crippen MR) is 75.0 cm³/mol. The maximum absolute atomic E-state index is 12.0. The highest BCUT2D eigenvalue weighted by Crippen LogP contribution is 2.22. The van der Waals surface area contributed by atoms with Gasteiger partial charge in [0.2, 0.25) is 0 Å². The lowest BCUT2D eigenvalue weighted by atomic mass is 10.0. The van der Waals surface area contributed by atoms with Gasteiger partial charge in [0.05, 0.1) is 11.2 Å². The van der Waals surface area contributed by atoms with Crippen molar-refractivity contribution in [3.63, 3.8) is 0 Å². The molecule has 3 nitrogen and oxygen atoms in total. The van der Waals surface area contributed by atoms with Gasteiger partial charge in [-0.2, -0.15) is 5.10 Å². The first-order chi connectivity index (χ1) is 8.56. The molecule has 0 radical (unpaired) electrons. The van der Waals surface area contributed by atoms with Crippen molar-refractivity contribution >= 4 is 33.3 Å². The Balaban J connectivity index is 2.03. The molecule has 0 spiro atoms. The standard InChI is InChI=1S/C13H12BrClN2O/c1-17-8-9(7-16-17)2-5-13(18)11-4-3-10(14)6-12(11)15/h3-4,6-8H,2,5H2,1H3. The van der Waals surface area contributed by atoms with Crippen molar-refractivity contribution in [2.45, 2.75) is 12.8 Å². The molecule has 0 atom stereocenters. The monoisotopic (exact) mass is 326 g/mol. The molecule has 0 saturated heterocycles. The minimum Gasteiger partial charge on any atom is -0.294 e. The van der Waals surface area contributed by atoms with Crippen molar-refractivity contribution in [1.29, 1.82) is 0 Å². The van der Waals surface area contributed by atoms with Gasteiger partial charge in [0.15, 0.2) is 5.78 Å². The SMILES string of the molecule is Cn1cc(CCC(=O)c2ccc(Br)cc2Cl)cn1. The van der Waals surface area contributed by atoms with Gasteiger partial charge in [-0.25, -0.2) is 0 Å². The maximum Gasteiger partial charge on any atom is 0.164 e. The van der Waals surface area contributed by atoms with Crippen molar-refractivity contribution in [2.24, 2.45) is 7.05 Å². The molecule has 0 aliphatic heterocycles. The van der Waals surface area contributed by atoms with Crippen molar-refractivity contribution in [2.75, 3.05) is 0 Å². The molecule has 0 fully saturated rings. The summed E-state index contributed by atoms with van der Waals surface area (Å²) in [6, 6.07) is 5.31. The van der Waals surface area contributed by atoms with Gasteiger partial charge in [-0.05, 0) is 30.2 Å². The zero-order chi connectivity index (χ0) is 13.1. The van der Waals surface area contributed by atoms with E-state index in [4.69, 9.17) is 11.6 Å². The fourth-order valence-corrected chi connectivity index (χ4v) is 2.49. The van der Waals surface area contributed by atoms with Gasteiger partial charge in [0.25, 0.3) is 0 Å². The first kappa shape index (κ1) is 13.3. The van der Waals surface area contributed by atoms with Crippen LogP contribution in [-0.2, 0) is 13.5 Å². The minimum absolute atomic E-state index is 0.0522. The zero-order valence-corrected chi connectivity index (χ0v) is 12.2. The van der Waals surface area contributed by atoms with Crippen LogP contribution >= 0.6 is 27.5 Å². The van der Waals surface area contributed by atoms with E-state index in [1.807, 2.05) is 19.3 Å². The summed E-state index contributed by atoms with van der Waals surface area (Å²) in [7, 11) is 1.86. The van der Waals surface area contributed by atoms with Gasteiger partial charge in [-0.3, -0.25) is 9.48 Å². The summed E-state index contributed by atoms with van der Waals surface area (Å²) >= 11 is 9.36. The quantitative estimate of drug-likeness (QED) is 0.803. The minimum atomic E-state index is 0.0522. The Morgan fingerprint density at radius 1 is 1.50 bits per heavy atom. The van der Waals surface area contributed by atoms with Crippen LogP contribution < -0.4 is 0 Å². The van der Waals surface area contributed by atoms with Gasteiger partial charge in [0, 0.05) is 29.7 Å². The van der Waals surface area contributed by atoms with Crippen LogP contribution in [0.3, 0.4) is 0 Å². The van der Waals surface area contributed by atoms with E-state index >= 15 is 0 Å². The van der Waals surface area contributed by atoms with E-state index in [0.29, 0.717) is 23.4 Å². The molecule has 0 N–H and O–H groups in total. The molecule has 1 aromatic heterocycles. The van der Waals surface area contributed by atoms with Gasteiger partial charge >= 0.3 is 0 Å². The molecule has 18 heavy (non-hydrogen) atoms. The topological polar surface area (TPSA) is 34.9 Å². The highest BCUT2D eigenvalue weighted by Gasteiger charge is 2.11. The number of benzene rings is 1. The molecule has 94 valence electrons. The number of nitrogens with zero attached hydrogens (tertiary/aromatic N) is 2. The predicted octanol–water partition coefficient (Wildman–Crippen LogP) is 3.65. The number of aryl methyl sites for hydroxylation is 2. The Labute approximate surface area is 119 Å².